The van der Waals surface area contributed by atoms with Crippen LogP contribution in [0.4, 0.5) is 30.7 Å². The molecule has 0 aliphatic carbocycles. The molecule has 1 N–H and O–H groups in total. The highest BCUT2D eigenvalue weighted by Crippen LogP contribution is 2.43. The molecule has 0 aromatic heterocycles. The number of benzene rings is 3. The number of hydrogen-bond acceptors (Lipinski definition) is 4. The molecule has 40 heavy (non-hydrogen) atoms. The van der Waals surface area contributed by atoms with E-state index in [0.717, 1.165) is 0 Å². The lowest BCUT2D eigenvalue weighted by Crippen LogP contribution is -2.33. The Morgan fingerprint density at radius 3 is 2.35 bits per heavy atom. The maximum atomic E-state index is 14.9. The normalized spacial score (nSPS) is 17.5. The number of ketones is 1. The minimum atomic E-state index is -4.78. The van der Waals surface area contributed by atoms with Gasteiger partial charge in [-0.25, -0.2) is 4.39 Å². The maximum absolute atomic E-state index is 14.9. The predicted octanol–water partition coefficient (Wildman–Crippen LogP) is 7.33. The number of amides is 1. The molecule has 4 rings (SSSR count). The summed E-state index contributed by atoms with van der Waals surface area (Å²) in [5.74, 6) is -2.48. The average molecular weight is 589 g/mol. The topological polar surface area (TPSA) is 67.8 Å². The van der Waals surface area contributed by atoms with Gasteiger partial charge < -0.3 is 10.2 Å². The minimum absolute atomic E-state index is 0.127. The van der Waals surface area contributed by atoms with Crippen molar-refractivity contribution in [1.82, 2.24) is 5.32 Å². The quantitative estimate of drug-likeness (QED) is 0.232. The van der Waals surface area contributed by atoms with E-state index in [1.807, 2.05) is 0 Å². The van der Waals surface area contributed by atoms with E-state index in [0.29, 0.717) is 28.5 Å². The van der Waals surface area contributed by atoms with Gasteiger partial charge in [-0.3, -0.25) is 9.59 Å². The number of Topliss-reactive ketones (excluding diaryl/α,β-unsaturated/α-hetero) is 1. The van der Waals surface area contributed by atoms with E-state index in [2.05, 4.69) is 5.16 Å². The van der Waals surface area contributed by atoms with Crippen LogP contribution < -0.4 is 5.32 Å². The highest BCUT2D eigenvalue weighted by atomic mass is 35.5. The fraction of sp³-hybridized carbons (Fsp3) is 0.296. The number of nitrogens with zero attached hydrogens (tertiary/aromatic N) is 1. The number of nitrogens with one attached hydrogen (secondary N) is 1. The van der Waals surface area contributed by atoms with Crippen LogP contribution in [0, 0.1) is 5.82 Å². The number of fused-ring (bicyclic) bond motifs is 1. The number of carbonyl (C=O) groups excluding carboxylic acids is 2. The zero-order chi connectivity index (χ0) is 29.5. The molecule has 13 heteroatoms. The molecule has 5 nitrogen and oxygen atoms in total. The van der Waals surface area contributed by atoms with Gasteiger partial charge in [-0.15, -0.1) is 0 Å². The molecule has 1 aliphatic rings. The monoisotopic (exact) mass is 588 g/mol. The van der Waals surface area contributed by atoms with Crippen LogP contribution in [-0.4, -0.2) is 30.1 Å². The van der Waals surface area contributed by atoms with Crippen molar-refractivity contribution >= 4 is 39.8 Å². The molecule has 0 fully saturated rings. The Balaban J connectivity index is 1.59. The standard InChI is InChI=1S/C27H20ClF7N2O3/c1-25(19-10-14(27(33,34)35)11-20(28)24(19)29)12-21(37-40-25)17-6-7-18(16-5-3-2-4-15(16)17)22(38)8-9-23(39)36-13-26(30,31)32/h2-7,10-11H,8-9,12-13H2,1H3,(H,36,39). The van der Waals surface area contributed by atoms with Gasteiger partial charge >= 0.3 is 12.4 Å². The molecule has 0 saturated carbocycles. The Bertz CT molecular complexity index is 1520. The summed E-state index contributed by atoms with van der Waals surface area (Å²) in [7, 11) is 0. The number of halogens is 8. The van der Waals surface area contributed by atoms with E-state index in [1.54, 1.807) is 29.6 Å². The number of alkyl halides is 6. The first-order valence-corrected chi connectivity index (χ1v) is 12.2. The fourth-order valence-corrected chi connectivity index (χ4v) is 4.63. The molecule has 1 heterocycles. The Morgan fingerprint density at radius 1 is 1.02 bits per heavy atom. The van der Waals surface area contributed by atoms with Gasteiger partial charge in [0.15, 0.2) is 11.4 Å². The highest BCUT2D eigenvalue weighted by Gasteiger charge is 2.42. The Kier molecular flexibility index (Phi) is 7.85. The summed E-state index contributed by atoms with van der Waals surface area (Å²) in [4.78, 5) is 30.1. The van der Waals surface area contributed by atoms with Gasteiger partial charge in [0.2, 0.25) is 5.91 Å². The smallest absolute Gasteiger partial charge is 0.384 e. The van der Waals surface area contributed by atoms with Gasteiger partial charge in [-0.1, -0.05) is 53.2 Å². The van der Waals surface area contributed by atoms with Crippen LogP contribution in [0.5, 0.6) is 0 Å². The maximum Gasteiger partial charge on any atom is 0.416 e. The summed E-state index contributed by atoms with van der Waals surface area (Å²) in [5.41, 5.74) is -2.24. The predicted molar refractivity (Wildman–Crippen MR) is 133 cm³/mol. The summed E-state index contributed by atoms with van der Waals surface area (Å²) in [6.07, 6.45) is -10.3. The van der Waals surface area contributed by atoms with E-state index in [4.69, 9.17) is 16.4 Å². The second kappa shape index (κ2) is 10.7. The van der Waals surface area contributed by atoms with Gasteiger partial charge in [0.25, 0.3) is 0 Å². The number of rotatable bonds is 7. The summed E-state index contributed by atoms with van der Waals surface area (Å²) in [6.45, 7) is -0.125. The molecule has 1 atom stereocenters. The van der Waals surface area contributed by atoms with E-state index in [1.165, 1.54) is 19.1 Å². The fourth-order valence-electron chi connectivity index (χ4n) is 4.41. The highest BCUT2D eigenvalue weighted by molar-refractivity contribution is 6.31. The molecule has 3 aromatic carbocycles. The number of oxime groups is 1. The molecule has 1 amide bonds. The molecule has 0 radical (unpaired) electrons. The van der Waals surface area contributed by atoms with Crippen LogP contribution >= 0.6 is 11.6 Å². The van der Waals surface area contributed by atoms with Crippen molar-refractivity contribution in [1.29, 1.82) is 0 Å². The third-order valence-electron chi connectivity index (χ3n) is 6.39. The summed E-state index contributed by atoms with van der Waals surface area (Å²) >= 11 is 5.75. The second-order valence-electron chi connectivity index (χ2n) is 9.38. The molecular formula is C27H20ClF7N2O3. The van der Waals surface area contributed by atoms with Crippen LogP contribution in [0.25, 0.3) is 10.8 Å². The zero-order valence-electron chi connectivity index (χ0n) is 20.6. The molecule has 0 saturated heterocycles. The third kappa shape index (κ3) is 6.22. The molecular weight excluding hydrogens is 569 g/mol. The molecule has 0 bridgehead atoms. The van der Waals surface area contributed by atoms with E-state index in [9.17, 15) is 40.3 Å². The number of hydrogen-bond donors (Lipinski definition) is 1. The molecule has 1 unspecified atom stereocenters. The average Bonchev–Trinajstić information content (AvgIpc) is 3.28. The zero-order valence-corrected chi connectivity index (χ0v) is 21.4. The molecule has 0 spiro atoms. The first-order chi connectivity index (χ1) is 18.6. The Morgan fingerprint density at radius 2 is 1.70 bits per heavy atom. The van der Waals surface area contributed by atoms with E-state index < -0.39 is 64.6 Å². The first kappa shape index (κ1) is 29.3. The van der Waals surface area contributed by atoms with Crippen LogP contribution in [0.2, 0.25) is 5.02 Å². The Labute approximate surface area is 227 Å². The van der Waals surface area contributed by atoms with Crippen molar-refractivity contribution < 1.29 is 45.2 Å². The largest absolute Gasteiger partial charge is 0.416 e. The van der Waals surface area contributed by atoms with E-state index >= 15 is 0 Å². The molecule has 1 aliphatic heterocycles. The van der Waals surface area contributed by atoms with Crippen molar-refractivity contribution in [2.24, 2.45) is 5.16 Å². The van der Waals surface area contributed by atoms with Crippen molar-refractivity contribution in [3.63, 3.8) is 0 Å². The van der Waals surface area contributed by atoms with Gasteiger partial charge in [0.1, 0.15) is 12.4 Å². The summed E-state index contributed by atoms with van der Waals surface area (Å²) in [6, 6.07) is 10.7. The summed E-state index contributed by atoms with van der Waals surface area (Å²) in [5, 5.41) is 5.98. The van der Waals surface area contributed by atoms with Gasteiger partial charge in [-0.2, -0.15) is 26.3 Å². The third-order valence-corrected chi connectivity index (χ3v) is 6.66. The number of carbonyl (C=O) groups is 2. The van der Waals surface area contributed by atoms with Gasteiger partial charge in [0.05, 0.1) is 16.3 Å². The molecule has 3 aromatic rings. The summed E-state index contributed by atoms with van der Waals surface area (Å²) < 4.78 is 91.8. The SMILES string of the molecule is CC1(c2cc(C(F)(F)F)cc(Cl)c2F)CC(c2ccc(C(=O)CCC(=O)NCC(F)(F)F)c3ccccc23)=NO1. The van der Waals surface area contributed by atoms with Crippen LogP contribution in [0.3, 0.4) is 0 Å². The lowest BCUT2D eigenvalue weighted by Gasteiger charge is -2.24. The molecule has 212 valence electrons. The second-order valence-corrected chi connectivity index (χ2v) is 9.78. The Hall–Kier alpha value is -3.67. The van der Waals surface area contributed by atoms with E-state index in [-0.39, 0.29) is 24.1 Å². The van der Waals surface area contributed by atoms with Gasteiger partial charge in [-0.05, 0) is 29.8 Å². The van der Waals surface area contributed by atoms with Crippen molar-refractivity contribution in [3.05, 3.63) is 81.6 Å². The van der Waals surface area contributed by atoms with Crippen molar-refractivity contribution in [2.75, 3.05) is 6.54 Å². The van der Waals surface area contributed by atoms with Crippen LogP contribution in [0.1, 0.15) is 53.2 Å². The van der Waals surface area contributed by atoms with Crippen LogP contribution in [-0.2, 0) is 21.4 Å². The van der Waals surface area contributed by atoms with Crippen LogP contribution in [0.15, 0.2) is 53.7 Å². The van der Waals surface area contributed by atoms with Gasteiger partial charge in [0, 0.05) is 36.0 Å². The lowest BCUT2D eigenvalue weighted by molar-refractivity contribution is -0.138. The lowest BCUT2D eigenvalue weighted by atomic mass is 9.86. The van der Waals surface area contributed by atoms with Crippen molar-refractivity contribution in [3.8, 4) is 0 Å². The van der Waals surface area contributed by atoms with Crippen molar-refractivity contribution in [2.45, 2.75) is 44.1 Å². The first-order valence-electron chi connectivity index (χ1n) is 11.8. The minimum Gasteiger partial charge on any atom is -0.384 e.